The van der Waals surface area contributed by atoms with Gasteiger partial charge in [-0.05, 0) is 60.4 Å². The van der Waals surface area contributed by atoms with Gasteiger partial charge in [-0.3, -0.25) is 13.9 Å². The monoisotopic (exact) mass is 743 g/mol. The number of halogens is 3. The lowest BCUT2D eigenvalue weighted by molar-refractivity contribution is -0.140. The minimum Gasteiger partial charge on any atom is -0.354 e. The molecule has 0 saturated heterocycles. The second kappa shape index (κ2) is 16.0. The predicted octanol–water partition coefficient (Wildman–Crippen LogP) is 7.67. The molecule has 0 aliphatic carbocycles. The molecule has 1 atom stereocenters. The summed E-state index contributed by atoms with van der Waals surface area (Å²) in [5.74, 6) is -0.752. The van der Waals surface area contributed by atoms with E-state index < -0.39 is 28.5 Å². The van der Waals surface area contributed by atoms with Crippen LogP contribution in [0.2, 0.25) is 10.0 Å². The number of carbonyl (C=O) groups is 2. The molecule has 2 amide bonds. The number of hydrogen-bond donors (Lipinski definition) is 1. The van der Waals surface area contributed by atoms with Gasteiger partial charge >= 0.3 is 0 Å². The third kappa shape index (κ3) is 9.12. The molecule has 7 nitrogen and oxygen atoms in total. The van der Waals surface area contributed by atoms with Gasteiger partial charge in [-0.15, -0.1) is 0 Å². The lowest BCUT2D eigenvalue weighted by Crippen LogP contribution is -2.53. The summed E-state index contributed by atoms with van der Waals surface area (Å²) in [6.45, 7) is 5.65. The summed E-state index contributed by atoms with van der Waals surface area (Å²) in [5.41, 5.74) is 2.53. The van der Waals surface area contributed by atoms with Gasteiger partial charge in [0, 0.05) is 24.0 Å². The Hall–Kier alpha value is -3.37. The molecule has 0 aliphatic heterocycles. The molecule has 0 fully saturated rings. The minimum atomic E-state index is -4.31. The van der Waals surface area contributed by atoms with Gasteiger partial charge < -0.3 is 10.2 Å². The number of anilines is 1. The van der Waals surface area contributed by atoms with Gasteiger partial charge in [-0.1, -0.05) is 119 Å². The Kier molecular flexibility index (Phi) is 12.3. The fourth-order valence-electron chi connectivity index (χ4n) is 4.84. The highest BCUT2D eigenvalue weighted by molar-refractivity contribution is 9.10. The first kappa shape index (κ1) is 35.5. The Balaban J connectivity index is 1.83. The zero-order chi connectivity index (χ0) is 33.4. The van der Waals surface area contributed by atoms with Gasteiger partial charge in [-0.25, -0.2) is 8.42 Å². The lowest BCUT2D eigenvalue weighted by Gasteiger charge is -2.34. The van der Waals surface area contributed by atoms with E-state index in [2.05, 4.69) is 21.2 Å². The highest BCUT2D eigenvalue weighted by atomic mass is 79.9. The molecule has 0 radical (unpaired) electrons. The van der Waals surface area contributed by atoms with Crippen molar-refractivity contribution in [3.05, 3.63) is 128 Å². The van der Waals surface area contributed by atoms with E-state index in [-0.39, 0.29) is 45.4 Å². The van der Waals surface area contributed by atoms with E-state index in [1.54, 1.807) is 24.3 Å². The number of benzene rings is 4. The Morgan fingerprint density at radius 2 is 1.52 bits per heavy atom. The van der Waals surface area contributed by atoms with Crippen molar-refractivity contribution in [2.75, 3.05) is 17.4 Å². The summed E-state index contributed by atoms with van der Waals surface area (Å²) >= 11 is 16.4. The van der Waals surface area contributed by atoms with E-state index in [0.29, 0.717) is 6.54 Å². The van der Waals surface area contributed by atoms with Crippen LogP contribution in [-0.4, -0.2) is 44.3 Å². The minimum absolute atomic E-state index is 0.0123. The average Bonchev–Trinajstić information content (AvgIpc) is 3.02. The maximum absolute atomic E-state index is 14.6. The molecule has 242 valence electrons. The molecule has 4 rings (SSSR count). The van der Waals surface area contributed by atoms with Crippen molar-refractivity contribution in [3.63, 3.8) is 0 Å². The van der Waals surface area contributed by atoms with Crippen LogP contribution < -0.4 is 9.62 Å². The van der Waals surface area contributed by atoms with Crippen LogP contribution in [-0.2, 0) is 32.6 Å². The first-order valence-corrected chi connectivity index (χ1v) is 17.7. The first-order valence-electron chi connectivity index (χ1n) is 14.8. The maximum Gasteiger partial charge on any atom is 0.264 e. The summed E-state index contributed by atoms with van der Waals surface area (Å²) in [5, 5.41) is 3.11. The topological polar surface area (TPSA) is 86.8 Å². The van der Waals surface area contributed by atoms with E-state index in [1.807, 2.05) is 75.4 Å². The van der Waals surface area contributed by atoms with E-state index in [0.717, 1.165) is 25.5 Å². The van der Waals surface area contributed by atoms with Gasteiger partial charge in [0.05, 0.1) is 20.6 Å². The summed E-state index contributed by atoms with van der Waals surface area (Å²) in [6.07, 6.45) is 0.215. The molecule has 11 heteroatoms. The van der Waals surface area contributed by atoms with Gasteiger partial charge in [0.25, 0.3) is 10.0 Å². The summed E-state index contributed by atoms with van der Waals surface area (Å²) in [6, 6.07) is 26.8. The van der Waals surface area contributed by atoms with Crippen molar-refractivity contribution >= 4 is 66.7 Å². The molecule has 0 saturated carbocycles. The standard InChI is InChI=1S/C35H36BrCl2N3O4S/c1-24(2)21-39-35(43)32(20-26-9-5-4-6-10-26)40(22-27-11-7-12-28(36)19-27)33(42)23-41(31-14-8-13-30(37)34(31)38)46(44,45)29-17-15-25(3)16-18-29/h4-19,24,32H,20-23H2,1-3H3,(H,39,43)/t32-/m0/s1. The van der Waals surface area contributed by atoms with E-state index in [1.165, 1.54) is 23.1 Å². The highest BCUT2D eigenvalue weighted by Gasteiger charge is 2.35. The first-order chi connectivity index (χ1) is 21.9. The number of carbonyl (C=O) groups excluding carboxylic acids is 2. The Morgan fingerprint density at radius 3 is 2.17 bits per heavy atom. The summed E-state index contributed by atoms with van der Waals surface area (Å²) in [7, 11) is -4.31. The normalized spacial score (nSPS) is 12.1. The van der Waals surface area contributed by atoms with Crippen molar-refractivity contribution in [1.29, 1.82) is 0 Å². The summed E-state index contributed by atoms with van der Waals surface area (Å²) < 4.78 is 30.2. The summed E-state index contributed by atoms with van der Waals surface area (Å²) in [4.78, 5) is 29.9. The molecular formula is C35H36BrCl2N3O4S. The van der Waals surface area contributed by atoms with Crippen molar-refractivity contribution < 1.29 is 18.0 Å². The number of sulfonamides is 1. The molecule has 0 aromatic heterocycles. The lowest BCUT2D eigenvalue weighted by atomic mass is 10.0. The molecule has 0 spiro atoms. The average molecular weight is 746 g/mol. The van der Waals surface area contributed by atoms with Gasteiger partial charge in [0.1, 0.15) is 12.6 Å². The van der Waals surface area contributed by atoms with Crippen molar-refractivity contribution in [2.45, 2.75) is 44.7 Å². The third-order valence-corrected chi connectivity index (χ3v) is 10.4. The Bertz CT molecular complexity index is 1770. The number of amides is 2. The fourth-order valence-corrected chi connectivity index (χ4v) is 7.16. The van der Waals surface area contributed by atoms with Crippen molar-refractivity contribution in [2.24, 2.45) is 5.92 Å². The van der Waals surface area contributed by atoms with Crippen LogP contribution in [0.3, 0.4) is 0 Å². The maximum atomic E-state index is 14.6. The predicted molar refractivity (Wildman–Crippen MR) is 189 cm³/mol. The molecule has 0 aliphatic rings. The van der Waals surface area contributed by atoms with Crippen LogP contribution in [0.25, 0.3) is 0 Å². The van der Waals surface area contributed by atoms with E-state index in [9.17, 15) is 18.0 Å². The van der Waals surface area contributed by atoms with Gasteiger partial charge in [0.2, 0.25) is 11.8 Å². The van der Waals surface area contributed by atoms with Crippen LogP contribution in [0.5, 0.6) is 0 Å². The van der Waals surface area contributed by atoms with E-state index >= 15 is 0 Å². The van der Waals surface area contributed by atoms with E-state index in [4.69, 9.17) is 23.2 Å². The van der Waals surface area contributed by atoms with Crippen LogP contribution in [0.15, 0.2) is 106 Å². The van der Waals surface area contributed by atoms with Crippen molar-refractivity contribution in [1.82, 2.24) is 10.2 Å². The molecule has 0 unspecified atom stereocenters. The molecule has 46 heavy (non-hydrogen) atoms. The molecule has 0 bridgehead atoms. The van der Waals surface area contributed by atoms with Crippen LogP contribution in [0.1, 0.15) is 30.5 Å². The number of rotatable bonds is 13. The number of nitrogens with one attached hydrogen (secondary N) is 1. The van der Waals surface area contributed by atoms with Crippen molar-refractivity contribution in [3.8, 4) is 0 Å². The smallest absolute Gasteiger partial charge is 0.264 e. The molecular weight excluding hydrogens is 709 g/mol. The largest absolute Gasteiger partial charge is 0.354 e. The zero-order valence-corrected chi connectivity index (χ0v) is 29.7. The Morgan fingerprint density at radius 1 is 0.870 bits per heavy atom. The fraction of sp³-hybridized carbons (Fsp3) is 0.257. The Labute approximate surface area is 289 Å². The second-order valence-corrected chi connectivity index (χ2v) is 15.0. The van der Waals surface area contributed by atoms with Crippen LogP contribution in [0, 0.1) is 12.8 Å². The highest BCUT2D eigenvalue weighted by Crippen LogP contribution is 2.35. The molecule has 4 aromatic carbocycles. The number of hydrogen-bond acceptors (Lipinski definition) is 4. The molecule has 0 heterocycles. The second-order valence-electron chi connectivity index (χ2n) is 11.4. The third-order valence-electron chi connectivity index (χ3n) is 7.29. The number of nitrogens with zero attached hydrogens (tertiary/aromatic N) is 2. The number of aryl methyl sites for hydroxylation is 1. The quantitative estimate of drug-likeness (QED) is 0.152. The molecule has 1 N–H and O–H groups in total. The van der Waals surface area contributed by atoms with Gasteiger partial charge in [0.15, 0.2) is 0 Å². The van der Waals surface area contributed by atoms with Crippen LogP contribution in [0.4, 0.5) is 5.69 Å². The van der Waals surface area contributed by atoms with Gasteiger partial charge in [-0.2, -0.15) is 0 Å². The van der Waals surface area contributed by atoms with Crippen LogP contribution >= 0.6 is 39.1 Å². The SMILES string of the molecule is Cc1ccc(S(=O)(=O)N(CC(=O)N(Cc2cccc(Br)c2)[C@@H](Cc2ccccc2)C(=O)NCC(C)C)c2cccc(Cl)c2Cl)cc1. The zero-order valence-electron chi connectivity index (χ0n) is 25.8. The molecule has 4 aromatic rings.